The normalized spacial score (nSPS) is 19.4. The summed E-state index contributed by atoms with van der Waals surface area (Å²) in [5, 5.41) is 2.47. The van der Waals surface area contributed by atoms with Gasteiger partial charge in [0.05, 0.1) is 17.7 Å². The third kappa shape index (κ3) is 6.00. The predicted octanol–water partition coefficient (Wildman–Crippen LogP) is 4.11. The fourth-order valence-electron chi connectivity index (χ4n) is 4.04. The number of likely N-dealkylation sites (tertiary alicyclic amines) is 1. The summed E-state index contributed by atoms with van der Waals surface area (Å²) in [6.45, 7) is 1.24. The number of hydrogen-bond donors (Lipinski definition) is 2. The number of amides is 2. The molecule has 1 heterocycles. The number of alkyl halides is 3. The first-order valence-electron chi connectivity index (χ1n) is 10.3. The summed E-state index contributed by atoms with van der Waals surface area (Å²) >= 11 is 0. The SMILES string of the molecule is CN1CCC[C@H](COC(=O)c2ccc(CNC(N)=O)cc2)[C@@H]1c1ccc(C(F)(F)F)cc1. The molecular weight excluding hydrogens is 423 g/mol. The molecule has 0 aliphatic carbocycles. The Labute approximate surface area is 184 Å². The summed E-state index contributed by atoms with van der Waals surface area (Å²) in [6, 6.07) is 11.0. The average molecular weight is 449 g/mol. The molecular formula is C23H26F3N3O3. The highest BCUT2D eigenvalue weighted by Crippen LogP contribution is 2.37. The van der Waals surface area contributed by atoms with Crippen molar-refractivity contribution in [2.75, 3.05) is 20.2 Å². The second-order valence-corrected chi connectivity index (χ2v) is 7.96. The molecule has 6 nitrogen and oxygen atoms in total. The van der Waals surface area contributed by atoms with Crippen molar-refractivity contribution in [3.05, 3.63) is 70.8 Å². The number of carbonyl (C=O) groups excluding carboxylic acids is 2. The molecule has 0 radical (unpaired) electrons. The van der Waals surface area contributed by atoms with Crippen LogP contribution in [0.4, 0.5) is 18.0 Å². The highest BCUT2D eigenvalue weighted by atomic mass is 19.4. The Hall–Kier alpha value is -3.07. The lowest BCUT2D eigenvalue weighted by molar-refractivity contribution is -0.137. The molecule has 2 aromatic carbocycles. The van der Waals surface area contributed by atoms with E-state index >= 15 is 0 Å². The second kappa shape index (κ2) is 10.0. The van der Waals surface area contributed by atoms with Crippen molar-refractivity contribution >= 4 is 12.0 Å². The fraction of sp³-hybridized carbons (Fsp3) is 0.391. The van der Waals surface area contributed by atoms with Gasteiger partial charge in [-0.2, -0.15) is 13.2 Å². The molecule has 172 valence electrons. The molecule has 0 spiro atoms. The Bertz CT molecular complexity index is 930. The lowest BCUT2D eigenvalue weighted by Crippen LogP contribution is -2.38. The van der Waals surface area contributed by atoms with Crippen LogP contribution in [-0.2, 0) is 17.5 Å². The van der Waals surface area contributed by atoms with Crippen LogP contribution in [0.25, 0.3) is 0 Å². The van der Waals surface area contributed by atoms with Crippen molar-refractivity contribution in [2.45, 2.75) is 31.6 Å². The Morgan fingerprint density at radius 2 is 1.78 bits per heavy atom. The highest BCUT2D eigenvalue weighted by Gasteiger charge is 2.34. The van der Waals surface area contributed by atoms with Gasteiger partial charge in [0.15, 0.2) is 0 Å². The van der Waals surface area contributed by atoms with Gasteiger partial charge in [0.2, 0.25) is 0 Å². The number of nitrogens with two attached hydrogens (primary N) is 1. The van der Waals surface area contributed by atoms with Crippen molar-refractivity contribution in [1.29, 1.82) is 0 Å². The van der Waals surface area contributed by atoms with Crippen molar-refractivity contribution in [1.82, 2.24) is 10.2 Å². The first kappa shape index (κ1) is 23.6. The molecule has 2 atom stereocenters. The van der Waals surface area contributed by atoms with Crippen LogP contribution in [0, 0.1) is 5.92 Å². The van der Waals surface area contributed by atoms with Gasteiger partial charge in [-0.15, -0.1) is 0 Å². The van der Waals surface area contributed by atoms with Crippen LogP contribution in [0.1, 0.15) is 45.9 Å². The van der Waals surface area contributed by atoms with E-state index in [1.807, 2.05) is 7.05 Å². The zero-order valence-electron chi connectivity index (χ0n) is 17.7. The van der Waals surface area contributed by atoms with Gasteiger partial charge in [-0.1, -0.05) is 24.3 Å². The minimum atomic E-state index is -4.38. The van der Waals surface area contributed by atoms with Gasteiger partial charge in [0, 0.05) is 18.5 Å². The number of piperidine rings is 1. The third-order valence-corrected chi connectivity index (χ3v) is 5.67. The van der Waals surface area contributed by atoms with Gasteiger partial charge in [0.25, 0.3) is 0 Å². The van der Waals surface area contributed by atoms with E-state index in [-0.39, 0.29) is 25.1 Å². The third-order valence-electron chi connectivity index (χ3n) is 5.67. The molecule has 9 heteroatoms. The predicted molar refractivity (Wildman–Crippen MR) is 113 cm³/mol. The Morgan fingerprint density at radius 3 is 2.38 bits per heavy atom. The number of nitrogens with one attached hydrogen (secondary N) is 1. The van der Waals surface area contributed by atoms with E-state index in [1.54, 1.807) is 24.3 Å². The number of primary amides is 1. The second-order valence-electron chi connectivity index (χ2n) is 7.96. The standard InChI is InChI=1S/C23H26F3N3O3/c1-29-12-2-3-18(20(29)16-8-10-19(11-9-16)23(24,25)26)14-32-21(30)17-6-4-15(5-7-17)13-28-22(27)31/h4-11,18,20H,2-3,12-14H2,1H3,(H3,27,28,31)/t18-,20+/m1/s1. The first-order valence-corrected chi connectivity index (χ1v) is 10.3. The van der Waals surface area contributed by atoms with E-state index in [4.69, 9.17) is 10.5 Å². The van der Waals surface area contributed by atoms with E-state index in [9.17, 15) is 22.8 Å². The maximum Gasteiger partial charge on any atom is 0.416 e. The van der Waals surface area contributed by atoms with Crippen LogP contribution >= 0.6 is 0 Å². The summed E-state index contributed by atoms with van der Waals surface area (Å²) < 4.78 is 44.2. The van der Waals surface area contributed by atoms with Gasteiger partial charge in [-0.25, -0.2) is 9.59 Å². The van der Waals surface area contributed by atoms with E-state index in [0.717, 1.165) is 42.6 Å². The number of nitrogens with zero attached hydrogens (tertiary/aromatic N) is 1. The van der Waals surface area contributed by atoms with E-state index < -0.39 is 23.7 Å². The largest absolute Gasteiger partial charge is 0.462 e. The minimum Gasteiger partial charge on any atom is -0.462 e. The molecule has 1 aliphatic rings. The average Bonchev–Trinajstić information content (AvgIpc) is 2.76. The van der Waals surface area contributed by atoms with Gasteiger partial charge in [-0.05, 0) is 61.8 Å². The van der Waals surface area contributed by atoms with Crippen LogP contribution in [0.15, 0.2) is 48.5 Å². The van der Waals surface area contributed by atoms with E-state index in [1.165, 1.54) is 12.1 Å². The van der Waals surface area contributed by atoms with Gasteiger partial charge < -0.3 is 15.8 Å². The zero-order chi connectivity index (χ0) is 23.3. The van der Waals surface area contributed by atoms with Crippen LogP contribution in [-0.4, -0.2) is 37.1 Å². The number of hydrogen-bond acceptors (Lipinski definition) is 4. The number of carbonyl (C=O) groups is 2. The molecule has 1 aliphatic heterocycles. The Balaban J connectivity index is 1.64. The summed E-state index contributed by atoms with van der Waals surface area (Å²) in [4.78, 5) is 25.4. The van der Waals surface area contributed by atoms with Crippen molar-refractivity contribution in [2.24, 2.45) is 11.7 Å². The molecule has 0 bridgehead atoms. The van der Waals surface area contributed by atoms with Gasteiger partial charge in [0.1, 0.15) is 0 Å². The quantitative estimate of drug-likeness (QED) is 0.650. The highest BCUT2D eigenvalue weighted by molar-refractivity contribution is 5.89. The lowest BCUT2D eigenvalue weighted by atomic mass is 9.85. The molecule has 0 unspecified atom stereocenters. The molecule has 2 amide bonds. The van der Waals surface area contributed by atoms with Crippen molar-refractivity contribution in [3.63, 3.8) is 0 Å². The van der Waals surface area contributed by atoms with Gasteiger partial charge in [-0.3, -0.25) is 4.90 Å². The molecule has 3 N–H and O–H groups in total. The molecule has 0 aromatic heterocycles. The fourth-order valence-corrected chi connectivity index (χ4v) is 4.04. The monoisotopic (exact) mass is 449 g/mol. The number of benzene rings is 2. The van der Waals surface area contributed by atoms with E-state index in [0.29, 0.717) is 5.56 Å². The number of ether oxygens (including phenoxy) is 1. The summed E-state index contributed by atoms with van der Waals surface area (Å²) in [7, 11) is 1.93. The number of urea groups is 1. The van der Waals surface area contributed by atoms with Gasteiger partial charge >= 0.3 is 18.2 Å². The van der Waals surface area contributed by atoms with E-state index in [2.05, 4.69) is 10.2 Å². The molecule has 3 rings (SSSR count). The summed E-state index contributed by atoms with van der Waals surface area (Å²) in [6.07, 6.45) is -2.66. The smallest absolute Gasteiger partial charge is 0.416 e. The number of rotatable bonds is 6. The maximum absolute atomic E-state index is 12.9. The maximum atomic E-state index is 12.9. The van der Waals surface area contributed by atoms with Crippen molar-refractivity contribution < 1.29 is 27.5 Å². The Morgan fingerprint density at radius 1 is 1.12 bits per heavy atom. The van der Waals surface area contributed by atoms with Crippen molar-refractivity contribution in [3.8, 4) is 0 Å². The molecule has 2 aromatic rings. The Kier molecular flexibility index (Phi) is 7.40. The zero-order valence-corrected chi connectivity index (χ0v) is 17.7. The topological polar surface area (TPSA) is 84.7 Å². The number of esters is 1. The van der Waals surface area contributed by atoms with Crippen LogP contribution < -0.4 is 11.1 Å². The molecule has 32 heavy (non-hydrogen) atoms. The first-order chi connectivity index (χ1) is 15.1. The molecule has 1 fully saturated rings. The molecule has 1 saturated heterocycles. The minimum absolute atomic E-state index is 0.0338. The lowest BCUT2D eigenvalue weighted by Gasteiger charge is -2.39. The summed E-state index contributed by atoms with van der Waals surface area (Å²) in [5.74, 6) is -0.507. The van der Waals surface area contributed by atoms with Crippen LogP contribution in [0.2, 0.25) is 0 Å². The molecule has 0 saturated carbocycles. The summed E-state index contributed by atoms with van der Waals surface area (Å²) in [5.41, 5.74) is 6.29. The van der Waals surface area contributed by atoms with Crippen LogP contribution in [0.5, 0.6) is 0 Å². The number of halogens is 3. The van der Waals surface area contributed by atoms with Crippen LogP contribution in [0.3, 0.4) is 0 Å².